The van der Waals surface area contributed by atoms with E-state index in [1.54, 1.807) is 0 Å². The van der Waals surface area contributed by atoms with Gasteiger partial charge in [0.25, 0.3) is 0 Å². The Morgan fingerprint density at radius 3 is 1.24 bits per heavy atom. The lowest BCUT2D eigenvalue weighted by Crippen LogP contribution is -3.14. The van der Waals surface area contributed by atoms with Crippen molar-refractivity contribution >= 4 is 11.8 Å². The molecular weight excluding hydrogens is 310 g/mol. The highest BCUT2D eigenvalue weighted by Gasteiger charge is 2.34. The fourth-order valence-corrected chi connectivity index (χ4v) is 3.81. The van der Waals surface area contributed by atoms with E-state index in [1.165, 1.54) is 96.3 Å². The molecule has 0 aromatic rings. The topological polar surface area (TPSA) is 38.6 Å². The molecule has 1 aliphatic heterocycles. The molecule has 1 N–H and O–H groups in total. The molecule has 0 saturated carbocycles. The molecule has 1 fully saturated rings. The average Bonchev–Trinajstić information content (AvgIpc) is 2.93. The second-order valence-corrected chi connectivity index (χ2v) is 7.88. The summed E-state index contributed by atoms with van der Waals surface area (Å²) in [4.78, 5) is 23.7. The molecule has 3 nitrogen and oxygen atoms in total. The minimum atomic E-state index is 0.117. The lowest BCUT2D eigenvalue weighted by atomic mass is 10.0. The van der Waals surface area contributed by atoms with Crippen molar-refractivity contribution in [2.24, 2.45) is 0 Å². The monoisotopic (exact) mass is 352 g/mol. The Morgan fingerprint density at radius 1 is 0.560 bits per heavy atom. The highest BCUT2D eigenvalue weighted by atomic mass is 16.2. The number of carbonyl (C=O) groups excluding carboxylic acids is 2. The third-order valence-electron chi connectivity index (χ3n) is 5.53. The standard InChI is InChI=1S/C22H41NO2/c1-2-3-4-5-6-7-8-9-10-11-12-13-14-15-16-17-20-23-21(24)18-19-22(23)25/h2-20H2,1H3/p+1. The first kappa shape index (κ1) is 22.3. The van der Waals surface area contributed by atoms with Crippen LogP contribution in [0.5, 0.6) is 0 Å². The molecule has 0 aliphatic carbocycles. The van der Waals surface area contributed by atoms with E-state index in [-0.39, 0.29) is 11.8 Å². The predicted octanol–water partition coefficient (Wildman–Crippen LogP) is 4.98. The molecule has 0 aromatic heterocycles. The zero-order chi connectivity index (χ0) is 18.2. The van der Waals surface area contributed by atoms with Crippen LogP contribution in [0.1, 0.15) is 122 Å². The van der Waals surface area contributed by atoms with Crippen LogP contribution >= 0.6 is 0 Å². The Hall–Kier alpha value is -0.700. The molecule has 25 heavy (non-hydrogen) atoms. The van der Waals surface area contributed by atoms with Gasteiger partial charge in [-0.1, -0.05) is 96.8 Å². The first-order valence-electron chi connectivity index (χ1n) is 11.2. The van der Waals surface area contributed by atoms with Crippen LogP contribution in [0.2, 0.25) is 0 Å². The van der Waals surface area contributed by atoms with Gasteiger partial charge in [0.1, 0.15) is 0 Å². The third kappa shape index (κ3) is 11.5. The van der Waals surface area contributed by atoms with Crippen molar-refractivity contribution < 1.29 is 14.5 Å². The van der Waals surface area contributed by atoms with Gasteiger partial charge < -0.3 is 0 Å². The zero-order valence-corrected chi connectivity index (χ0v) is 16.8. The number of rotatable bonds is 17. The predicted molar refractivity (Wildman–Crippen MR) is 105 cm³/mol. The number of unbranched alkanes of at least 4 members (excludes halogenated alkanes) is 15. The molecule has 3 heteroatoms. The average molecular weight is 353 g/mol. The maximum atomic E-state index is 11.5. The van der Waals surface area contributed by atoms with E-state index in [2.05, 4.69) is 6.92 Å². The van der Waals surface area contributed by atoms with Gasteiger partial charge in [-0.05, 0) is 12.8 Å². The van der Waals surface area contributed by atoms with Gasteiger partial charge in [-0.15, -0.1) is 0 Å². The molecule has 1 saturated heterocycles. The summed E-state index contributed by atoms with van der Waals surface area (Å²) in [6.07, 6.45) is 22.6. The lowest BCUT2D eigenvalue weighted by Gasteiger charge is -2.07. The molecule has 0 atom stereocenters. The van der Waals surface area contributed by atoms with E-state index < -0.39 is 0 Å². The van der Waals surface area contributed by atoms with E-state index >= 15 is 0 Å². The van der Waals surface area contributed by atoms with Crippen LogP contribution < -0.4 is 4.90 Å². The van der Waals surface area contributed by atoms with Gasteiger partial charge >= 0.3 is 11.8 Å². The summed E-state index contributed by atoms with van der Waals surface area (Å²) in [5, 5.41) is 0. The first-order valence-corrected chi connectivity index (χ1v) is 11.2. The Bertz CT molecular complexity index is 338. The maximum Gasteiger partial charge on any atom is 0.320 e. The minimum Gasteiger partial charge on any atom is -0.230 e. The van der Waals surface area contributed by atoms with Crippen LogP contribution in [0.15, 0.2) is 0 Å². The van der Waals surface area contributed by atoms with E-state index in [4.69, 9.17) is 0 Å². The van der Waals surface area contributed by atoms with Gasteiger partial charge in [-0.25, -0.2) is 14.5 Å². The quantitative estimate of drug-likeness (QED) is 0.296. The molecular formula is C22H42NO2+. The van der Waals surface area contributed by atoms with E-state index in [9.17, 15) is 9.59 Å². The van der Waals surface area contributed by atoms with Crippen molar-refractivity contribution in [1.82, 2.24) is 0 Å². The zero-order valence-electron chi connectivity index (χ0n) is 16.8. The van der Waals surface area contributed by atoms with E-state index in [0.29, 0.717) is 17.7 Å². The number of amides is 2. The van der Waals surface area contributed by atoms with Crippen LogP contribution in [0.3, 0.4) is 0 Å². The molecule has 146 valence electrons. The summed E-state index contributed by atoms with van der Waals surface area (Å²) in [6, 6.07) is 0. The van der Waals surface area contributed by atoms with Gasteiger partial charge in [0.05, 0.1) is 19.4 Å². The Kier molecular flexibility index (Phi) is 13.9. The molecule has 1 aliphatic rings. The summed E-state index contributed by atoms with van der Waals surface area (Å²) >= 11 is 0. The minimum absolute atomic E-state index is 0.117. The summed E-state index contributed by atoms with van der Waals surface area (Å²) in [5.74, 6) is 0.233. The fourth-order valence-electron chi connectivity index (χ4n) is 3.81. The molecule has 0 radical (unpaired) electrons. The van der Waals surface area contributed by atoms with Crippen molar-refractivity contribution in [3.63, 3.8) is 0 Å². The summed E-state index contributed by atoms with van der Waals surface area (Å²) in [6.45, 7) is 3.01. The largest absolute Gasteiger partial charge is 0.320 e. The highest BCUT2D eigenvalue weighted by Crippen LogP contribution is 2.13. The number of hydrogen-bond donors (Lipinski definition) is 1. The number of likely N-dealkylation sites (tertiary alicyclic amines) is 1. The number of carbonyl (C=O) groups is 2. The smallest absolute Gasteiger partial charge is 0.230 e. The van der Waals surface area contributed by atoms with Gasteiger partial charge in [-0.3, -0.25) is 0 Å². The van der Waals surface area contributed by atoms with Crippen molar-refractivity contribution in [2.75, 3.05) is 6.54 Å². The van der Waals surface area contributed by atoms with E-state index in [1.807, 2.05) is 0 Å². The van der Waals surface area contributed by atoms with Gasteiger partial charge in [0.15, 0.2) is 0 Å². The third-order valence-corrected chi connectivity index (χ3v) is 5.53. The fraction of sp³-hybridized carbons (Fsp3) is 0.909. The normalized spacial score (nSPS) is 15.4. The summed E-state index contributed by atoms with van der Waals surface area (Å²) < 4.78 is 0. The number of hydrogen-bond acceptors (Lipinski definition) is 2. The lowest BCUT2D eigenvalue weighted by molar-refractivity contribution is -0.732. The molecule has 0 unspecified atom stereocenters. The Labute approximate surface area is 155 Å². The van der Waals surface area contributed by atoms with E-state index in [0.717, 1.165) is 13.0 Å². The number of imide groups is 1. The molecule has 1 heterocycles. The van der Waals surface area contributed by atoms with Gasteiger partial charge in [0.2, 0.25) is 0 Å². The first-order chi connectivity index (χ1) is 12.3. The summed E-state index contributed by atoms with van der Waals surface area (Å²) in [7, 11) is 0. The van der Waals surface area contributed by atoms with Crippen LogP contribution in [0, 0.1) is 0 Å². The molecule has 0 aromatic carbocycles. The summed E-state index contributed by atoms with van der Waals surface area (Å²) in [5.41, 5.74) is 0. The van der Waals surface area contributed by atoms with Crippen molar-refractivity contribution in [3.8, 4) is 0 Å². The molecule has 0 bridgehead atoms. The van der Waals surface area contributed by atoms with Crippen LogP contribution in [0.4, 0.5) is 0 Å². The van der Waals surface area contributed by atoms with Crippen LogP contribution in [-0.4, -0.2) is 18.4 Å². The van der Waals surface area contributed by atoms with Crippen LogP contribution in [0.25, 0.3) is 0 Å². The van der Waals surface area contributed by atoms with Crippen molar-refractivity contribution in [3.05, 3.63) is 0 Å². The molecule has 0 spiro atoms. The van der Waals surface area contributed by atoms with Crippen molar-refractivity contribution in [2.45, 2.75) is 122 Å². The Morgan fingerprint density at radius 2 is 0.880 bits per heavy atom. The second-order valence-electron chi connectivity index (χ2n) is 7.88. The highest BCUT2D eigenvalue weighted by molar-refractivity contribution is 5.88. The number of nitrogens with one attached hydrogen (secondary N) is 1. The molecule has 1 rings (SSSR count). The van der Waals surface area contributed by atoms with Gasteiger partial charge in [0, 0.05) is 0 Å². The molecule has 2 amide bonds. The van der Waals surface area contributed by atoms with Crippen molar-refractivity contribution in [1.29, 1.82) is 0 Å². The SMILES string of the molecule is CCCCCCCCCCCCCCCCCC[NH+]1C(=O)CCC1=O. The number of quaternary nitrogens is 1. The maximum absolute atomic E-state index is 11.5. The van der Waals surface area contributed by atoms with Crippen LogP contribution in [-0.2, 0) is 9.59 Å². The second kappa shape index (κ2) is 15.5. The van der Waals surface area contributed by atoms with Gasteiger partial charge in [-0.2, -0.15) is 0 Å². The Balaban J connectivity index is 1.73.